The molecule has 1 fully saturated rings. The molecular formula is C11H15Cl2F3O2. The molecule has 0 bridgehead atoms. The Labute approximate surface area is 114 Å². The third-order valence-corrected chi connectivity index (χ3v) is 4.22. The van der Waals surface area contributed by atoms with Gasteiger partial charge in [-0.05, 0) is 24.7 Å². The van der Waals surface area contributed by atoms with E-state index in [4.69, 9.17) is 27.9 Å². The van der Waals surface area contributed by atoms with Crippen molar-refractivity contribution in [1.29, 1.82) is 0 Å². The molecule has 0 spiro atoms. The van der Waals surface area contributed by atoms with Crippen molar-refractivity contribution in [3.8, 4) is 0 Å². The zero-order chi connectivity index (χ0) is 14.4. The summed E-state index contributed by atoms with van der Waals surface area (Å²) in [5, 5.41) is 0. The molecule has 2 nitrogen and oxygen atoms in total. The van der Waals surface area contributed by atoms with E-state index in [0.29, 0.717) is 0 Å². The monoisotopic (exact) mass is 306 g/mol. The molecule has 2 atom stereocenters. The normalized spacial score (nSPS) is 26.9. The maximum absolute atomic E-state index is 12.6. The third-order valence-electron chi connectivity index (χ3n) is 3.48. The van der Waals surface area contributed by atoms with Crippen molar-refractivity contribution < 1.29 is 22.7 Å². The summed E-state index contributed by atoms with van der Waals surface area (Å²) in [6.07, 6.45) is -5.22. The van der Waals surface area contributed by atoms with Crippen LogP contribution in [-0.4, -0.2) is 23.1 Å². The molecule has 0 heterocycles. The zero-order valence-electron chi connectivity index (χ0n) is 10.3. The van der Waals surface area contributed by atoms with Gasteiger partial charge < -0.3 is 4.74 Å². The summed E-state index contributed by atoms with van der Waals surface area (Å²) in [5.74, 6) is -1.58. The van der Waals surface area contributed by atoms with Gasteiger partial charge in [-0.15, -0.1) is 0 Å². The van der Waals surface area contributed by atoms with Gasteiger partial charge in [-0.3, -0.25) is 4.79 Å². The second-order valence-corrected chi connectivity index (χ2v) is 6.55. The molecule has 1 aliphatic carbocycles. The SMILES string of the molecule is CCOC(=O)C1C(CC(Cl)(Cl)C(F)(F)F)C1(C)C. The number of halogens is 5. The van der Waals surface area contributed by atoms with Crippen LogP contribution in [0.4, 0.5) is 13.2 Å². The Balaban J connectivity index is 2.73. The van der Waals surface area contributed by atoms with Crippen LogP contribution < -0.4 is 0 Å². The van der Waals surface area contributed by atoms with Gasteiger partial charge in [-0.25, -0.2) is 0 Å². The Hall–Kier alpha value is -0.160. The Morgan fingerprint density at radius 1 is 1.33 bits per heavy atom. The molecule has 0 aromatic rings. The molecule has 106 valence electrons. The molecule has 0 radical (unpaired) electrons. The molecule has 1 saturated carbocycles. The minimum absolute atomic E-state index is 0.199. The third kappa shape index (κ3) is 2.87. The summed E-state index contributed by atoms with van der Waals surface area (Å²) < 4.78 is 39.7. The summed E-state index contributed by atoms with van der Waals surface area (Å²) in [7, 11) is 0. The highest BCUT2D eigenvalue weighted by Crippen LogP contribution is 2.64. The number of carbonyl (C=O) groups excluding carboxylic acids is 1. The Bertz CT molecular complexity index is 340. The van der Waals surface area contributed by atoms with E-state index < -0.39 is 40.2 Å². The van der Waals surface area contributed by atoms with E-state index in [0.717, 1.165) is 0 Å². The van der Waals surface area contributed by atoms with Gasteiger partial charge in [0.1, 0.15) is 0 Å². The molecule has 7 heteroatoms. The molecule has 0 aliphatic heterocycles. The number of hydrogen-bond acceptors (Lipinski definition) is 2. The van der Waals surface area contributed by atoms with Crippen molar-refractivity contribution in [3.05, 3.63) is 0 Å². The number of esters is 1. The fourth-order valence-corrected chi connectivity index (χ4v) is 2.55. The molecule has 0 N–H and O–H groups in total. The molecule has 1 rings (SSSR count). The van der Waals surface area contributed by atoms with E-state index in [1.165, 1.54) is 0 Å². The molecule has 0 aromatic heterocycles. The van der Waals surface area contributed by atoms with Crippen molar-refractivity contribution in [2.45, 2.75) is 37.7 Å². The summed E-state index contributed by atoms with van der Waals surface area (Å²) in [6.45, 7) is 5.26. The minimum Gasteiger partial charge on any atom is -0.466 e. The van der Waals surface area contributed by atoms with E-state index >= 15 is 0 Å². The predicted molar refractivity (Wildman–Crippen MR) is 62.5 cm³/mol. The highest BCUT2D eigenvalue weighted by atomic mass is 35.5. The predicted octanol–water partition coefficient (Wildman–Crippen LogP) is 3.95. The van der Waals surface area contributed by atoms with Gasteiger partial charge >= 0.3 is 12.1 Å². The fourth-order valence-electron chi connectivity index (χ4n) is 2.22. The smallest absolute Gasteiger partial charge is 0.421 e. The number of carbonyl (C=O) groups is 1. The number of alkyl halides is 5. The van der Waals surface area contributed by atoms with Crippen LogP contribution in [-0.2, 0) is 9.53 Å². The van der Waals surface area contributed by atoms with E-state index in [2.05, 4.69) is 0 Å². The van der Waals surface area contributed by atoms with Gasteiger partial charge in [-0.1, -0.05) is 37.0 Å². The van der Waals surface area contributed by atoms with Crippen LogP contribution in [0.25, 0.3) is 0 Å². The topological polar surface area (TPSA) is 26.3 Å². The van der Waals surface area contributed by atoms with E-state index in [9.17, 15) is 18.0 Å². The van der Waals surface area contributed by atoms with Gasteiger partial charge in [-0.2, -0.15) is 13.2 Å². The van der Waals surface area contributed by atoms with Crippen LogP contribution in [0.2, 0.25) is 0 Å². The van der Waals surface area contributed by atoms with E-state index in [-0.39, 0.29) is 6.61 Å². The lowest BCUT2D eigenvalue weighted by molar-refractivity contribution is -0.148. The number of rotatable bonds is 4. The molecule has 0 aromatic carbocycles. The Kier molecular flexibility index (Phi) is 4.19. The second kappa shape index (κ2) is 4.75. The first-order chi connectivity index (χ1) is 7.95. The van der Waals surface area contributed by atoms with Gasteiger partial charge in [0.05, 0.1) is 12.5 Å². The average molecular weight is 307 g/mol. The maximum Gasteiger partial charge on any atom is 0.421 e. The molecule has 0 amide bonds. The van der Waals surface area contributed by atoms with Gasteiger partial charge in [0.2, 0.25) is 4.33 Å². The molecule has 2 unspecified atom stereocenters. The number of hydrogen-bond donors (Lipinski definition) is 0. The zero-order valence-corrected chi connectivity index (χ0v) is 11.8. The lowest BCUT2D eigenvalue weighted by Gasteiger charge is -2.23. The summed E-state index contributed by atoms with van der Waals surface area (Å²) in [4.78, 5) is 11.6. The summed E-state index contributed by atoms with van der Waals surface area (Å²) >= 11 is 10.6. The van der Waals surface area contributed by atoms with Crippen molar-refractivity contribution in [2.24, 2.45) is 17.3 Å². The lowest BCUT2D eigenvalue weighted by Crippen LogP contribution is -2.35. The van der Waals surface area contributed by atoms with Crippen molar-refractivity contribution in [3.63, 3.8) is 0 Å². The quantitative estimate of drug-likeness (QED) is 0.581. The van der Waals surface area contributed by atoms with Crippen LogP contribution in [0, 0.1) is 17.3 Å². The molecule has 1 aliphatic rings. The standard InChI is InChI=1S/C11H15Cl2F3O2/c1-4-18-8(17)7-6(9(7,2)3)5-10(12,13)11(14,15)16/h6-7H,4-5H2,1-3H3. The highest BCUT2D eigenvalue weighted by molar-refractivity contribution is 6.49. The first-order valence-corrected chi connectivity index (χ1v) is 6.32. The van der Waals surface area contributed by atoms with Crippen LogP contribution in [0.3, 0.4) is 0 Å². The maximum atomic E-state index is 12.6. The van der Waals surface area contributed by atoms with Crippen LogP contribution >= 0.6 is 23.2 Å². The Morgan fingerprint density at radius 2 is 1.83 bits per heavy atom. The second-order valence-electron chi connectivity index (χ2n) is 5.06. The summed E-state index contributed by atoms with van der Waals surface area (Å²) in [5.41, 5.74) is -0.563. The highest BCUT2D eigenvalue weighted by Gasteiger charge is 2.67. The van der Waals surface area contributed by atoms with Crippen LogP contribution in [0.15, 0.2) is 0 Å². The average Bonchev–Trinajstić information content (AvgIpc) is 2.65. The van der Waals surface area contributed by atoms with Gasteiger partial charge in [0.25, 0.3) is 0 Å². The van der Waals surface area contributed by atoms with E-state index in [1.807, 2.05) is 0 Å². The Morgan fingerprint density at radius 3 is 2.22 bits per heavy atom. The summed E-state index contributed by atoms with van der Waals surface area (Å²) in [6, 6.07) is 0. The van der Waals surface area contributed by atoms with Crippen LogP contribution in [0.5, 0.6) is 0 Å². The van der Waals surface area contributed by atoms with Gasteiger partial charge in [0.15, 0.2) is 0 Å². The number of ether oxygens (including phenoxy) is 1. The first-order valence-electron chi connectivity index (χ1n) is 5.56. The molecule has 18 heavy (non-hydrogen) atoms. The van der Waals surface area contributed by atoms with Crippen molar-refractivity contribution in [1.82, 2.24) is 0 Å². The minimum atomic E-state index is -4.71. The first kappa shape index (κ1) is 15.9. The van der Waals surface area contributed by atoms with Crippen molar-refractivity contribution >= 4 is 29.2 Å². The molecule has 0 saturated heterocycles. The van der Waals surface area contributed by atoms with E-state index in [1.54, 1.807) is 20.8 Å². The largest absolute Gasteiger partial charge is 0.466 e. The van der Waals surface area contributed by atoms with Crippen LogP contribution in [0.1, 0.15) is 27.2 Å². The van der Waals surface area contributed by atoms with Gasteiger partial charge in [0, 0.05) is 0 Å². The lowest BCUT2D eigenvalue weighted by atomic mass is 10.1. The fraction of sp³-hybridized carbons (Fsp3) is 0.909. The van der Waals surface area contributed by atoms with Crippen molar-refractivity contribution in [2.75, 3.05) is 6.61 Å². The molecular weight excluding hydrogens is 292 g/mol.